The summed E-state index contributed by atoms with van der Waals surface area (Å²) in [6.07, 6.45) is 2.50. The molecule has 0 aliphatic rings. The molecule has 0 bridgehead atoms. The molecule has 0 spiro atoms. The third kappa shape index (κ3) is 2.63. The van der Waals surface area contributed by atoms with Gasteiger partial charge in [-0.2, -0.15) is 0 Å². The van der Waals surface area contributed by atoms with Crippen molar-refractivity contribution in [2.75, 3.05) is 6.54 Å². The molecule has 5 heteroatoms. The fourth-order valence-corrected chi connectivity index (χ4v) is 1.04. The lowest BCUT2D eigenvalue weighted by molar-refractivity contribution is 0.0978. The average Bonchev–Trinajstić information content (AvgIpc) is 2.60. The number of Topliss-reactive ketones (excluding diaryl/α,β-unsaturated/α-hetero) is 1. The summed E-state index contributed by atoms with van der Waals surface area (Å²) < 4.78 is 1.49. The van der Waals surface area contributed by atoms with Crippen LogP contribution in [-0.4, -0.2) is 33.4 Å². The van der Waals surface area contributed by atoms with Crippen LogP contribution in [0.3, 0.4) is 0 Å². The Balaban J connectivity index is 2.47. The molecule has 1 aromatic rings. The summed E-state index contributed by atoms with van der Waals surface area (Å²) >= 11 is 0. The molecule has 0 saturated carbocycles. The number of hydrogen-bond donors (Lipinski definition) is 1. The number of rotatable bonds is 5. The summed E-state index contributed by atoms with van der Waals surface area (Å²) in [6, 6.07) is 0.361. The van der Waals surface area contributed by atoms with E-state index < -0.39 is 0 Å². The van der Waals surface area contributed by atoms with E-state index in [9.17, 15) is 4.79 Å². The second-order valence-electron chi connectivity index (χ2n) is 3.36. The molecular formula is C9H16N4O. The van der Waals surface area contributed by atoms with Crippen LogP contribution in [0.15, 0.2) is 6.20 Å². The Morgan fingerprint density at radius 2 is 2.43 bits per heavy atom. The van der Waals surface area contributed by atoms with Crippen LogP contribution in [0.1, 0.15) is 30.8 Å². The largest absolute Gasteiger partial charge is 0.307 e. The van der Waals surface area contributed by atoms with Crippen LogP contribution >= 0.6 is 0 Å². The van der Waals surface area contributed by atoms with Crippen molar-refractivity contribution in [3.63, 3.8) is 0 Å². The maximum Gasteiger partial charge on any atom is 0.196 e. The number of carbonyl (C=O) groups excluding carboxylic acids is 1. The highest BCUT2D eigenvalue weighted by molar-refractivity contribution is 5.95. The molecule has 1 heterocycles. The van der Waals surface area contributed by atoms with Gasteiger partial charge in [0.2, 0.25) is 0 Å². The number of carbonyl (C=O) groups is 1. The Kier molecular flexibility index (Phi) is 3.76. The molecule has 0 aliphatic heterocycles. The fourth-order valence-electron chi connectivity index (χ4n) is 1.04. The van der Waals surface area contributed by atoms with E-state index in [1.54, 1.807) is 7.05 Å². The van der Waals surface area contributed by atoms with Gasteiger partial charge in [0.25, 0.3) is 0 Å². The van der Waals surface area contributed by atoms with Gasteiger partial charge in [-0.3, -0.25) is 4.79 Å². The molecule has 1 aromatic heterocycles. The average molecular weight is 196 g/mol. The number of aryl methyl sites for hydroxylation is 1. The lowest BCUT2D eigenvalue weighted by Crippen LogP contribution is -2.31. The molecule has 5 nitrogen and oxygen atoms in total. The van der Waals surface area contributed by atoms with Crippen LogP contribution in [0, 0.1) is 0 Å². The quantitative estimate of drug-likeness (QED) is 0.692. The third-order valence-corrected chi connectivity index (χ3v) is 2.22. The minimum Gasteiger partial charge on any atom is -0.307 e. The highest BCUT2D eigenvalue weighted by Gasteiger charge is 2.11. The van der Waals surface area contributed by atoms with Gasteiger partial charge < -0.3 is 5.32 Å². The highest BCUT2D eigenvalue weighted by Crippen LogP contribution is 1.95. The Labute approximate surface area is 83.5 Å². The molecule has 1 unspecified atom stereocenters. The number of aromatic nitrogens is 3. The Morgan fingerprint density at radius 3 is 2.93 bits per heavy atom. The maximum absolute atomic E-state index is 11.6. The molecule has 0 saturated heterocycles. The molecular weight excluding hydrogens is 180 g/mol. The summed E-state index contributed by atoms with van der Waals surface area (Å²) in [6.45, 7) is 4.47. The molecule has 78 valence electrons. The maximum atomic E-state index is 11.6. The van der Waals surface area contributed by atoms with Crippen molar-refractivity contribution < 1.29 is 4.79 Å². The molecule has 0 radical (unpaired) electrons. The van der Waals surface area contributed by atoms with Crippen molar-refractivity contribution in [2.24, 2.45) is 7.05 Å². The van der Waals surface area contributed by atoms with Gasteiger partial charge in [0.15, 0.2) is 5.78 Å². The van der Waals surface area contributed by atoms with E-state index in [1.165, 1.54) is 10.9 Å². The zero-order chi connectivity index (χ0) is 10.6. The number of nitrogens with one attached hydrogen (secondary N) is 1. The number of nitrogens with zero attached hydrogens (tertiary/aromatic N) is 3. The Hall–Kier alpha value is -1.23. The summed E-state index contributed by atoms with van der Waals surface area (Å²) in [5, 5.41) is 10.5. The van der Waals surface area contributed by atoms with Crippen molar-refractivity contribution in [1.29, 1.82) is 0 Å². The van der Waals surface area contributed by atoms with Gasteiger partial charge in [0.05, 0.1) is 12.7 Å². The first kappa shape index (κ1) is 10.8. The van der Waals surface area contributed by atoms with Crippen LogP contribution in [0.2, 0.25) is 0 Å². The first-order chi connectivity index (χ1) is 6.65. The van der Waals surface area contributed by atoms with Crippen LogP contribution in [0.4, 0.5) is 0 Å². The van der Waals surface area contributed by atoms with Crippen molar-refractivity contribution in [1.82, 2.24) is 20.3 Å². The van der Waals surface area contributed by atoms with Crippen LogP contribution in [0.5, 0.6) is 0 Å². The lowest BCUT2D eigenvalue weighted by Gasteiger charge is -2.09. The summed E-state index contributed by atoms with van der Waals surface area (Å²) in [7, 11) is 1.71. The molecule has 1 atom stereocenters. The second kappa shape index (κ2) is 4.85. The van der Waals surface area contributed by atoms with E-state index in [2.05, 4.69) is 29.5 Å². The van der Waals surface area contributed by atoms with E-state index in [0.29, 0.717) is 18.3 Å². The van der Waals surface area contributed by atoms with Gasteiger partial charge >= 0.3 is 0 Å². The summed E-state index contributed by atoms with van der Waals surface area (Å²) in [5.74, 6) is 0.0257. The van der Waals surface area contributed by atoms with E-state index in [-0.39, 0.29) is 5.78 Å². The topological polar surface area (TPSA) is 59.8 Å². The minimum absolute atomic E-state index is 0.0257. The van der Waals surface area contributed by atoms with Crippen molar-refractivity contribution in [3.05, 3.63) is 11.9 Å². The number of hydrogen-bond acceptors (Lipinski definition) is 4. The van der Waals surface area contributed by atoms with E-state index in [1.807, 2.05) is 0 Å². The van der Waals surface area contributed by atoms with E-state index >= 15 is 0 Å². The van der Waals surface area contributed by atoms with E-state index in [0.717, 1.165) is 6.42 Å². The normalized spacial score (nSPS) is 12.8. The monoisotopic (exact) mass is 196 g/mol. The van der Waals surface area contributed by atoms with Crippen molar-refractivity contribution in [3.8, 4) is 0 Å². The van der Waals surface area contributed by atoms with Crippen molar-refractivity contribution >= 4 is 5.78 Å². The van der Waals surface area contributed by atoms with Crippen LogP contribution in [-0.2, 0) is 7.05 Å². The number of ketones is 1. The zero-order valence-corrected chi connectivity index (χ0v) is 8.82. The molecule has 0 fully saturated rings. The van der Waals surface area contributed by atoms with Gasteiger partial charge in [-0.05, 0) is 13.3 Å². The standard InChI is InChI=1S/C9H16N4O/c1-4-7(2)10-6-9(14)8-5-11-12-13(8)3/h5,7,10H,4,6H2,1-3H3. The zero-order valence-electron chi connectivity index (χ0n) is 8.82. The second-order valence-corrected chi connectivity index (χ2v) is 3.36. The van der Waals surface area contributed by atoms with Gasteiger partial charge in [0, 0.05) is 13.1 Å². The molecule has 0 amide bonds. The highest BCUT2D eigenvalue weighted by atomic mass is 16.1. The molecule has 0 aliphatic carbocycles. The lowest BCUT2D eigenvalue weighted by atomic mass is 10.2. The smallest absolute Gasteiger partial charge is 0.196 e. The Bertz CT molecular complexity index is 308. The van der Waals surface area contributed by atoms with Gasteiger partial charge in [-0.25, -0.2) is 4.68 Å². The third-order valence-electron chi connectivity index (χ3n) is 2.22. The molecule has 1 rings (SSSR count). The molecule has 14 heavy (non-hydrogen) atoms. The van der Waals surface area contributed by atoms with Gasteiger partial charge in [-0.15, -0.1) is 5.10 Å². The molecule has 1 N–H and O–H groups in total. The van der Waals surface area contributed by atoms with Crippen molar-refractivity contribution in [2.45, 2.75) is 26.3 Å². The van der Waals surface area contributed by atoms with Crippen LogP contribution in [0.25, 0.3) is 0 Å². The summed E-state index contributed by atoms with van der Waals surface area (Å²) in [5.41, 5.74) is 0.542. The van der Waals surface area contributed by atoms with E-state index in [4.69, 9.17) is 0 Å². The predicted molar refractivity (Wildman–Crippen MR) is 53.1 cm³/mol. The fraction of sp³-hybridized carbons (Fsp3) is 0.667. The Morgan fingerprint density at radius 1 is 1.71 bits per heavy atom. The SMILES string of the molecule is CCC(C)NCC(=O)c1cnnn1C. The van der Waals surface area contributed by atoms with Crippen LogP contribution < -0.4 is 5.32 Å². The first-order valence-corrected chi connectivity index (χ1v) is 4.76. The molecule has 0 aromatic carbocycles. The summed E-state index contributed by atoms with van der Waals surface area (Å²) in [4.78, 5) is 11.6. The first-order valence-electron chi connectivity index (χ1n) is 4.76. The van der Waals surface area contributed by atoms with Gasteiger partial charge in [-0.1, -0.05) is 12.1 Å². The predicted octanol–water partition coefficient (Wildman–Crippen LogP) is 0.386. The minimum atomic E-state index is 0.0257. The van der Waals surface area contributed by atoms with Gasteiger partial charge in [0.1, 0.15) is 5.69 Å².